The monoisotopic (exact) mass is 501 g/mol. The zero-order valence-electron chi connectivity index (χ0n) is 19.7. The van der Waals surface area contributed by atoms with Crippen molar-refractivity contribution in [1.29, 1.82) is 0 Å². The topological polar surface area (TPSA) is 79.5 Å². The summed E-state index contributed by atoms with van der Waals surface area (Å²) in [5.41, 5.74) is 1.33. The summed E-state index contributed by atoms with van der Waals surface area (Å²) in [6.07, 6.45) is 6.33. The number of para-hydroxylation sites is 1. The van der Waals surface area contributed by atoms with E-state index in [9.17, 15) is 9.59 Å². The van der Waals surface area contributed by atoms with E-state index < -0.39 is 0 Å². The summed E-state index contributed by atoms with van der Waals surface area (Å²) in [7, 11) is 0. The number of carbonyl (C=O) groups excluding carboxylic acids is 2. The number of amides is 2. The smallest absolute Gasteiger partial charge is 0.261 e. The summed E-state index contributed by atoms with van der Waals surface area (Å²) in [4.78, 5) is 25.6. The highest BCUT2D eigenvalue weighted by Gasteiger charge is 2.19. The maximum atomic E-state index is 12.8. The van der Waals surface area contributed by atoms with E-state index in [4.69, 9.17) is 28.6 Å². The minimum absolute atomic E-state index is 0.114. The lowest BCUT2D eigenvalue weighted by atomic mass is 9.95. The Labute approximate surface area is 211 Å². The van der Waals surface area contributed by atoms with Crippen LogP contribution >= 0.6 is 23.8 Å². The molecule has 0 spiro atoms. The zero-order chi connectivity index (χ0) is 24.5. The largest absolute Gasteiger partial charge is 0.493 e. The van der Waals surface area contributed by atoms with Crippen LogP contribution in [-0.2, 0) is 0 Å². The highest BCUT2D eigenvalue weighted by Crippen LogP contribution is 2.23. The van der Waals surface area contributed by atoms with Crippen molar-refractivity contribution in [2.24, 2.45) is 5.92 Å². The Hall–Kier alpha value is -2.64. The van der Waals surface area contributed by atoms with Gasteiger partial charge in [0.15, 0.2) is 5.11 Å². The molecule has 3 N–H and O–H groups in total. The van der Waals surface area contributed by atoms with Crippen LogP contribution < -0.4 is 20.7 Å². The van der Waals surface area contributed by atoms with Crippen molar-refractivity contribution in [2.45, 2.75) is 58.4 Å². The van der Waals surface area contributed by atoms with Crippen LogP contribution in [0.1, 0.15) is 73.1 Å². The Balaban J connectivity index is 1.61. The van der Waals surface area contributed by atoms with Gasteiger partial charge in [-0.3, -0.25) is 14.9 Å². The molecule has 0 saturated heterocycles. The van der Waals surface area contributed by atoms with Crippen molar-refractivity contribution < 1.29 is 14.3 Å². The van der Waals surface area contributed by atoms with Crippen LogP contribution in [0.3, 0.4) is 0 Å². The number of ether oxygens (including phenoxy) is 1. The molecule has 0 radical (unpaired) electrons. The Morgan fingerprint density at radius 2 is 1.79 bits per heavy atom. The molecular formula is C26H32ClN3O3S. The molecule has 0 aromatic heterocycles. The quantitative estimate of drug-likeness (QED) is 0.389. The molecule has 34 heavy (non-hydrogen) atoms. The van der Waals surface area contributed by atoms with E-state index in [-0.39, 0.29) is 23.0 Å². The number of anilines is 1. The number of halogens is 1. The van der Waals surface area contributed by atoms with Gasteiger partial charge in [0.05, 0.1) is 22.8 Å². The van der Waals surface area contributed by atoms with Gasteiger partial charge in [-0.25, -0.2) is 0 Å². The van der Waals surface area contributed by atoms with E-state index in [1.165, 1.54) is 6.42 Å². The van der Waals surface area contributed by atoms with Crippen molar-refractivity contribution in [2.75, 3.05) is 11.9 Å². The number of carbonyl (C=O) groups is 2. The maximum Gasteiger partial charge on any atom is 0.261 e. The van der Waals surface area contributed by atoms with Crippen LogP contribution in [0, 0.1) is 5.92 Å². The lowest BCUT2D eigenvalue weighted by Crippen LogP contribution is -2.36. The fourth-order valence-corrected chi connectivity index (χ4v) is 4.22. The van der Waals surface area contributed by atoms with Crippen LogP contribution in [0.15, 0.2) is 42.5 Å². The van der Waals surface area contributed by atoms with Gasteiger partial charge in [0.25, 0.3) is 11.8 Å². The van der Waals surface area contributed by atoms with Gasteiger partial charge in [-0.2, -0.15) is 0 Å². The third-order valence-electron chi connectivity index (χ3n) is 5.72. The predicted molar refractivity (Wildman–Crippen MR) is 141 cm³/mol. The molecule has 1 fully saturated rings. The third kappa shape index (κ3) is 7.71. The molecule has 0 atom stereocenters. The Morgan fingerprint density at radius 3 is 2.53 bits per heavy atom. The van der Waals surface area contributed by atoms with Crippen molar-refractivity contribution in [3.8, 4) is 5.75 Å². The molecule has 0 heterocycles. The van der Waals surface area contributed by atoms with E-state index in [0.717, 1.165) is 32.1 Å². The van der Waals surface area contributed by atoms with E-state index in [0.29, 0.717) is 40.1 Å². The number of rotatable bonds is 8. The van der Waals surface area contributed by atoms with Crippen LogP contribution in [0.5, 0.6) is 5.75 Å². The summed E-state index contributed by atoms with van der Waals surface area (Å²) in [5.74, 6) is 0.438. The normalized spacial score (nSPS) is 13.9. The number of hydrogen-bond acceptors (Lipinski definition) is 4. The fraction of sp³-hybridized carbons (Fsp3) is 0.423. The maximum absolute atomic E-state index is 12.8. The first-order chi connectivity index (χ1) is 16.3. The molecule has 182 valence electrons. The second-order valence-electron chi connectivity index (χ2n) is 8.94. The highest BCUT2D eigenvalue weighted by atomic mass is 35.5. The molecule has 0 unspecified atom stereocenters. The molecule has 2 amide bonds. The van der Waals surface area contributed by atoms with E-state index in [1.54, 1.807) is 36.4 Å². The van der Waals surface area contributed by atoms with E-state index >= 15 is 0 Å². The van der Waals surface area contributed by atoms with Crippen molar-refractivity contribution in [3.63, 3.8) is 0 Å². The molecule has 0 bridgehead atoms. The first-order valence-corrected chi connectivity index (χ1v) is 12.6. The first-order valence-electron chi connectivity index (χ1n) is 11.8. The molecule has 1 aliphatic carbocycles. The summed E-state index contributed by atoms with van der Waals surface area (Å²) < 4.78 is 5.80. The van der Waals surface area contributed by atoms with Crippen LogP contribution in [0.4, 0.5) is 5.69 Å². The van der Waals surface area contributed by atoms with Gasteiger partial charge >= 0.3 is 0 Å². The van der Waals surface area contributed by atoms with Crippen molar-refractivity contribution >= 4 is 46.4 Å². The van der Waals surface area contributed by atoms with Gasteiger partial charge in [0.1, 0.15) is 5.75 Å². The number of thiocarbonyl (C=S) groups is 1. The minimum Gasteiger partial charge on any atom is -0.493 e. The molecule has 1 aliphatic rings. The molecule has 8 heteroatoms. The Kier molecular flexibility index (Phi) is 9.72. The lowest BCUT2D eigenvalue weighted by molar-refractivity contribution is 0.0926. The predicted octanol–water partition coefficient (Wildman–Crippen LogP) is 5.95. The summed E-state index contributed by atoms with van der Waals surface area (Å²) >= 11 is 11.6. The molecule has 2 aromatic rings. The summed E-state index contributed by atoms with van der Waals surface area (Å²) in [6.45, 7) is 4.77. The molecule has 0 aliphatic heterocycles. The SMILES string of the molecule is CC(C)CCOc1ccccc1C(=O)NC(=S)Nc1ccc(Cl)c(C(=O)NC2CCCCC2)c1. The highest BCUT2D eigenvalue weighted by molar-refractivity contribution is 7.80. The van der Waals surface area contributed by atoms with Gasteiger partial charge in [0.2, 0.25) is 0 Å². The van der Waals surface area contributed by atoms with E-state index in [1.807, 2.05) is 6.07 Å². The molecule has 6 nitrogen and oxygen atoms in total. The summed E-state index contributed by atoms with van der Waals surface area (Å²) in [6, 6.07) is 12.2. The second-order valence-corrected chi connectivity index (χ2v) is 9.75. The number of nitrogens with one attached hydrogen (secondary N) is 3. The lowest BCUT2D eigenvalue weighted by Gasteiger charge is -2.23. The minimum atomic E-state index is -0.373. The Bertz CT molecular complexity index is 1020. The van der Waals surface area contributed by atoms with Crippen LogP contribution in [0.25, 0.3) is 0 Å². The standard InChI is InChI=1S/C26H32ClN3O3S/c1-17(2)14-15-33-23-11-7-6-10-20(23)24(31)30-26(34)29-19-12-13-22(27)21(16-19)25(32)28-18-8-4-3-5-9-18/h6-7,10-13,16-18H,3-5,8-9,14-15H2,1-2H3,(H,28,32)(H2,29,30,31,34). The summed E-state index contributed by atoms with van der Waals surface area (Å²) in [5, 5.41) is 9.20. The van der Waals surface area contributed by atoms with Gasteiger partial charge < -0.3 is 15.4 Å². The average molecular weight is 502 g/mol. The zero-order valence-corrected chi connectivity index (χ0v) is 21.2. The van der Waals surface area contributed by atoms with Gasteiger partial charge in [-0.1, -0.05) is 56.8 Å². The van der Waals surface area contributed by atoms with Gasteiger partial charge in [-0.05, 0) is 67.7 Å². The average Bonchev–Trinajstić information content (AvgIpc) is 2.81. The van der Waals surface area contributed by atoms with Crippen molar-refractivity contribution in [1.82, 2.24) is 10.6 Å². The second kappa shape index (κ2) is 12.7. The first kappa shape index (κ1) is 26.0. The van der Waals surface area contributed by atoms with Gasteiger partial charge in [-0.15, -0.1) is 0 Å². The van der Waals surface area contributed by atoms with Gasteiger partial charge in [0, 0.05) is 11.7 Å². The molecular weight excluding hydrogens is 470 g/mol. The molecule has 1 saturated carbocycles. The Morgan fingerprint density at radius 1 is 1.06 bits per heavy atom. The van der Waals surface area contributed by atoms with E-state index in [2.05, 4.69) is 29.8 Å². The van der Waals surface area contributed by atoms with Crippen LogP contribution in [0.2, 0.25) is 5.02 Å². The third-order valence-corrected chi connectivity index (χ3v) is 6.25. The van der Waals surface area contributed by atoms with Crippen molar-refractivity contribution in [3.05, 3.63) is 58.6 Å². The number of benzene rings is 2. The molecule has 2 aromatic carbocycles. The molecule has 3 rings (SSSR count). The van der Waals surface area contributed by atoms with Crippen LogP contribution in [-0.4, -0.2) is 29.6 Å². The number of hydrogen-bond donors (Lipinski definition) is 3. The fourth-order valence-electron chi connectivity index (χ4n) is 3.80.